The number of hydrogen-bond donors (Lipinski definition) is 2. The number of aryl methyl sites for hydroxylation is 1. The number of Topliss-reactive ketones (excluding diaryl/α,β-unsaturated/α-hetero) is 1. The Morgan fingerprint density at radius 1 is 1.38 bits per heavy atom. The van der Waals surface area contributed by atoms with Crippen LogP contribution in [0.4, 0.5) is 5.82 Å². The zero-order chi connectivity index (χ0) is 17.9. The number of H-pyrrole nitrogens is 1. The quantitative estimate of drug-likeness (QED) is 0.578. The first-order valence-electron chi connectivity index (χ1n) is 7.23. The summed E-state index contributed by atoms with van der Waals surface area (Å²) in [5.74, 6) is -1.45. The molecule has 0 saturated heterocycles. The predicted molar refractivity (Wildman–Crippen MR) is 84.1 cm³/mol. The van der Waals surface area contributed by atoms with E-state index in [1.807, 2.05) is 11.9 Å². The Balaban J connectivity index is 2.23. The van der Waals surface area contributed by atoms with Gasteiger partial charge in [-0.1, -0.05) is 6.92 Å². The maximum atomic E-state index is 12.2. The maximum absolute atomic E-state index is 12.2. The second-order valence-corrected chi connectivity index (χ2v) is 5.06. The number of carbonyl (C=O) groups excluding carboxylic acids is 2. The summed E-state index contributed by atoms with van der Waals surface area (Å²) in [6.07, 6.45) is 1.90. The van der Waals surface area contributed by atoms with Gasteiger partial charge in [-0.15, -0.1) is 0 Å². The van der Waals surface area contributed by atoms with Gasteiger partial charge in [0.1, 0.15) is 22.7 Å². The highest BCUT2D eigenvalue weighted by Crippen LogP contribution is 2.11. The Hall–Kier alpha value is -3.10. The first kappa shape index (κ1) is 17.3. The molecule has 3 N–H and O–H groups in total. The molecule has 9 nitrogen and oxygen atoms in total. The molecule has 0 aliphatic heterocycles. The highest BCUT2D eigenvalue weighted by atomic mass is 16.5. The van der Waals surface area contributed by atoms with Crippen LogP contribution in [0.3, 0.4) is 0 Å². The fourth-order valence-corrected chi connectivity index (χ4v) is 2.18. The predicted octanol–water partition coefficient (Wildman–Crippen LogP) is 0.470. The van der Waals surface area contributed by atoms with Crippen LogP contribution in [0, 0.1) is 6.92 Å². The summed E-state index contributed by atoms with van der Waals surface area (Å²) in [5.41, 5.74) is 3.94. The number of anilines is 1. The third-order valence-corrected chi connectivity index (χ3v) is 3.38. The van der Waals surface area contributed by atoms with Gasteiger partial charge in [-0.3, -0.25) is 19.1 Å². The third kappa shape index (κ3) is 3.29. The minimum absolute atomic E-state index is 0.181. The van der Waals surface area contributed by atoms with Crippen molar-refractivity contribution < 1.29 is 18.7 Å². The van der Waals surface area contributed by atoms with Crippen molar-refractivity contribution in [1.29, 1.82) is 0 Å². The van der Waals surface area contributed by atoms with E-state index in [-0.39, 0.29) is 17.9 Å². The average Bonchev–Trinajstić information content (AvgIpc) is 2.95. The van der Waals surface area contributed by atoms with Crippen molar-refractivity contribution in [3.8, 4) is 0 Å². The van der Waals surface area contributed by atoms with Gasteiger partial charge in [0.2, 0.25) is 5.78 Å². The molecule has 0 aliphatic rings. The summed E-state index contributed by atoms with van der Waals surface area (Å²) >= 11 is 0. The molecule has 0 radical (unpaired) electrons. The molecule has 24 heavy (non-hydrogen) atoms. The van der Waals surface area contributed by atoms with E-state index >= 15 is 0 Å². The number of ketones is 1. The summed E-state index contributed by atoms with van der Waals surface area (Å²) in [6, 6.07) is 1.41. The number of hydrogen-bond acceptors (Lipinski definition) is 7. The molecule has 0 atom stereocenters. The maximum Gasteiger partial charge on any atom is 0.342 e. The molecule has 128 valence electrons. The molecule has 0 bridgehead atoms. The number of aromatic nitrogens is 2. The molecule has 0 fully saturated rings. The van der Waals surface area contributed by atoms with E-state index in [0.29, 0.717) is 12.2 Å². The molecule has 2 rings (SSSR count). The van der Waals surface area contributed by atoms with Gasteiger partial charge >= 0.3 is 11.7 Å². The van der Waals surface area contributed by atoms with Gasteiger partial charge in [0, 0.05) is 6.54 Å². The van der Waals surface area contributed by atoms with E-state index in [1.165, 1.54) is 12.3 Å². The van der Waals surface area contributed by atoms with Crippen molar-refractivity contribution in [3.63, 3.8) is 0 Å². The van der Waals surface area contributed by atoms with Crippen molar-refractivity contribution >= 4 is 17.6 Å². The molecule has 0 aromatic carbocycles. The number of aromatic amines is 1. The largest absolute Gasteiger partial charge is 0.469 e. The van der Waals surface area contributed by atoms with Crippen LogP contribution in [-0.2, 0) is 11.3 Å². The van der Waals surface area contributed by atoms with Crippen LogP contribution in [0.15, 0.2) is 26.3 Å². The molecule has 2 heterocycles. The number of furan rings is 1. The first-order chi connectivity index (χ1) is 11.4. The van der Waals surface area contributed by atoms with E-state index in [4.69, 9.17) is 14.9 Å². The molecule has 2 aromatic rings. The molecule has 0 spiro atoms. The number of nitrogens with one attached hydrogen (secondary N) is 1. The first-order valence-corrected chi connectivity index (χ1v) is 7.23. The van der Waals surface area contributed by atoms with E-state index in [1.54, 1.807) is 6.92 Å². The zero-order valence-corrected chi connectivity index (χ0v) is 13.3. The summed E-state index contributed by atoms with van der Waals surface area (Å²) < 4.78 is 10.9. The van der Waals surface area contributed by atoms with Crippen molar-refractivity contribution in [2.75, 3.05) is 12.3 Å². The van der Waals surface area contributed by atoms with Gasteiger partial charge in [0.15, 0.2) is 6.61 Å². The van der Waals surface area contributed by atoms with E-state index in [2.05, 4.69) is 0 Å². The van der Waals surface area contributed by atoms with Gasteiger partial charge in [-0.05, 0) is 19.4 Å². The lowest BCUT2D eigenvalue weighted by atomic mass is 10.2. The molecule has 0 saturated carbocycles. The number of nitrogens with two attached hydrogens (primary N) is 1. The standard InChI is InChI=1S/C15H17N3O6/c1-3-5-18-12(16)11(13(20)17-15(18)22)10(19)7-24-14(21)9-4-6-23-8(9)2/h4,6H,3,5,7,16H2,1-2H3,(H,17,20,22). The van der Waals surface area contributed by atoms with Crippen LogP contribution in [0.2, 0.25) is 0 Å². The highest BCUT2D eigenvalue weighted by molar-refractivity contribution is 6.02. The van der Waals surface area contributed by atoms with Crippen LogP contribution in [0.5, 0.6) is 0 Å². The second-order valence-electron chi connectivity index (χ2n) is 5.06. The lowest BCUT2D eigenvalue weighted by molar-refractivity contribution is 0.0472. The number of rotatable bonds is 6. The van der Waals surface area contributed by atoms with E-state index < -0.39 is 35.2 Å². The molecule has 0 aliphatic carbocycles. The van der Waals surface area contributed by atoms with Crippen LogP contribution in [0.1, 0.15) is 39.8 Å². The molecule has 0 amide bonds. The van der Waals surface area contributed by atoms with Gasteiger partial charge in [0.25, 0.3) is 5.56 Å². The smallest absolute Gasteiger partial charge is 0.342 e. The summed E-state index contributed by atoms with van der Waals surface area (Å²) in [7, 11) is 0. The minimum Gasteiger partial charge on any atom is -0.469 e. The van der Waals surface area contributed by atoms with E-state index in [9.17, 15) is 19.2 Å². The van der Waals surface area contributed by atoms with Crippen LogP contribution in [0.25, 0.3) is 0 Å². The third-order valence-electron chi connectivity index (χ3n) is 3.38. The fourth-order valence-electron chi connectivity index (χ4n) is 2.18. The Bertz CT molecular complexity index is 889. The summed E-state index contributed by atoms with van der Waals surface area (Å²) in [4.78, 5) is 49.6. The molecular formula is C15H17N3O6. The highest BCUT2D eigenvalue weighted by Gasteiger charge is 2.21. The number of nitrogen functional groups attached to an aromatic ring is 1. The van der Waals surface area contributed by atoms with Crippen molar-refractivity contribution in [2.24, 2.45) is 0 Å². The molecule has 9 heteroatoms. The van der Waals surface area contributed by atoms with Gasteiger partial charge in [0.05, 0.1) is 6.26 Å². The fraction of sp³-hybridized carbons (Fsp3) is 0.333. The Morgan fingerprint density at radius 2 is 2.08 bits per heavy atom. The van der Waals surface area contributed by atoms with Crippen LogP contribution >= 0.6 is 0 Å². The number of carbonyl (C=O) groups is 2. The number of esters is 1. The Kier molecular flexibility index (Phi) is 5.02. The minimum atomic E-state index is -0.912. The van der Waals surface area contributed by atoms with Crippen molar-refractivity contribution in [3.05, 3.63) is 50.1 Å². The monoisotopic (exact) mass is 335 g/mol. The Labute approximate surface area is 136 Å². The number of ether oxygens (including phenoxy) is 1. The average molecular weight is 335 g/mol. The summed E-state index contributed by atoms with van der Waals surface area (Å²) in [5, 5.41) is 0. The Morgan fingerprint density at radius 3 is 2.67 bits per heavy atom. The molecular weight excluding hydrogens is 318 g/mol. The second kappa shape index (κ2) is 6.99. The zero-order valence-electron chi connectivity index (χ0n) is 13.3. The van der Waals surface area contributed by atoms with Crippen molar-refractivity contribution in [2.45, 2.75) is 26.8 Å². The van der Waals surface area contributed by atoms with Crippen molar-refractivity contribution in [1.82, 2.24) is 9.55 Å². The lowest BCUT2D eigenvalue weighted by Crippen LogP contribution is -2.37. The lowest BCUT2D eigenvalue weighted by Gasteiger charge is -2.11. The van der Waals surface area contributed by atoms with Gasteiger partial charge in [-0.25, -0.2) is 9.59 Å². The number of nitrogens with zero attached hydrogens (tertiary/aromatic N) is 1. The summed E-state index contributed by atoms with van der Waals surface area (Å²) in [6.45, 7) is 2.95. The van der Waals surface area contributed by atoms with Gasteiger partial charge in [-0.2, -0.15) is 0 Å². The SMILES string of the molecule is CCCn1c(N)c(C(=O)COC(=O)c2ccoc2C)c(=O)[nH]c1=O. The normalized spacial score (nSPS) is 10.6. The molecule has 0 unspecified atom stereocenters. The van der Waals surface area contributed by atoms with E-state index in [0.717, 1.165) is 4.57 Å². The van der Waals surface area contributed by atoms with Crippen LogP contribution in [-0.4, -0.2) is 27.9 Å². The topological polar surface area (TPSA) is 137 Å². The van der Waals surface area contributed by atoms with Crippen LogP contribution < -0.4 is 17.0 Å². The molecule has 2 aromatic heterocycles. The van der Waals surface area contributed by atoms with Gasteiger partial charge < -0.3 is 14.9 Å².